The summed E-state index contributed by atoms with van der Waals surface area (Å²) in [5, 5.41) is 0. The van der Waals surface area contributed by atoms with Crippen LogP contribution in [0.4, 0.5) is 0 Å². The first-order valence-corrected chi connectivity index (χ1v) is 4.41. The van der Waals surface area contributed by atoms with Crippen molar-refractivity contribution in [2.24, 2.45) is 5.92 Å². The molecule has 0 aromatic rings. The van der Waals surface area contributed by atoms with Crippen LogP contribution in [0.5, 0.6) is 0 Å². The van der Waals surface area contributed by atoms with Gasteiger partial charge < -0.3 is 9.47 Å². The van der Waals surface area contributed by atoms with Crippen LogP contribution < -0.4 is 0 Å². The van der Waals surface area contributed by atoms with Gasteiger partial charge in [-0.25, -0.2) is 0 Å². The van der Waals surface area contributed by atoms with Crippen molar-refractivity contribution in [2.45, 2.75) is 32.5 Å². The lowest BCUT2D eigenvalue weighted by molar-refractivity contribution is -0.113. The Labute approximate surface area is 75.6 Å². The fourth-order valence-corrected chi connectivity index (χ4v) is 1.14. The third-order valence-corrected chi connectivity index (χ3v) is 1.98. The molecule has 72 valence electrons. The molecule has 0 aromatic heterocycles. The summed E-state index contributed by atoms with van der Waals surface area (Å²) in [7, 11) is 3.35. The van der Waals surface area contributed by atoms with Gasteiger partial charge in [0.05, 0.1) is 0 Å². The molecule has 12 heavy (non-hydrogen) atoms. The molecule has 0 saturated heterocycles. The Balaban J connectivity index is 3.50. The van der Waals surface area contributed by atoms with Gasteiger partial charge in [-0.15, -0.1) is 6.58 Å². The third-order valence-electron chi connectivity index (χ3n) is 1.98. The largest absolute Gasteiger partial charge is 0.356 e. The van der Waals surface area contributed by atoms with Crippen molar-refractivity contribution in [3.8, 4) is 0 Å². The van der Waals surface area contributed by atoms with Crippen LogP contribution in [0.2, 0.25) is 0 Å². The molecule has 0 amide bonds. The second-order valence-electron chi connectivity index (χ2n) is 3.11. The number of methoxy groups -OCH3 is 2. The van der Waals surface area contributed by atoms with E-state index < -0.39 is 0 Å². The van der Waals surface area contributed by atoms with E-state index in [0.29, 0.717) is 5.92 Å². The molecule has 0 heterocycles. The van der Waals surface area contributed by atoms with Crippen molar-refractivity contribution in [1.29, 1.82) is 0 Å². The third kappa shape index (κ3) is 5.33. The number of allylic oxidation sites excluding steroid dienone is 1. The maximum atomic E-state index is 5.10. The molecule has 0 bridgehead atoms. The summed E-state index contributed by atoms with van der Waals surface area (Å²) < 4.78 is 10.2. The molecule has 0 fully saturated rings. The Morgan fingerprint density at radius 1 is 1.33 bits per heavy atom. The van der Waals surface area contributed by atoms with Gasteiger partial charge in [0.15, 0.2) is 6.29 Å². The fourth-order valence-electron chi connectivity index (χ4n) is 1.14. The molecule has 0 N–H and O–H groups in total. The van der Waals surface area contributed by atoms with Crippen molar-refractivity contribution >= 4 is 0 Å². The monoisotopic (exact) mass is 172 g/mol. The standard InChI is InChI=1S/C10H20O2/c1-5-6-7-9(2)8-10(11-3)12-4/h5,9-10H,1,6-8H2,2-4H3/t9-/m1/s1. The number of hydrogen-bond acceptors (Lipinski definition) is 2. The summed E-state index contributed by atoms with van der Waals surface area (Å²) >= 11 is 0. The van der Waals surface area contributed by atoms with Crippen LogP contribution in [0.1, 0.15) is 26.2 Å². The quantitative estimate of drug-likeness (QED) is 0.434. The van der Waals surface area contributed by atoms with Crippen molar-refractivity contribution < 1.29 is 9.47 Å². The zero-order chi connectivity index (χ0) is 9.40. The van der Waals surface area contributed by atoms with Crippen LogP contribution in [0.15, 0.2) is 12.7 Å². The average Bonchev–Trinajstić information content (AvgIpc) is 2.10. The summed E-state index contributed by atoms with van der Waals surface area (Å²) in [6.45, 7) is 5.89. The highest BCUT2D eigenvalue weighted by atomic mass is 16.7. The SMILES string of the molecule is C=CCC[C@@H](C)CC(OC)OC. The summed E-state index contributed by atoms with van der Waals surface area (Å²) in [6.07, 6.45) is 5.09. The summed E-state index contributed by atoms with van der Waals surface area (Å²) in [5.41, 5.74) is 0. The maximum Gasteiger partial charge on any atom is 0.157 e. The molecule has 0 aliphatic carbocycles. The highest BCUT2D eigenvalue weighted by Crippen LogP contribution is 2.14. The van der Waals surface area contributed by atoms with Gasteiger partial charge in [-0.05, 0) is 18.8 Å². The van der Waals surface area contributed by atoms with E-state index in [1.807, 2.05) is 6.08 Å². The molecule has 0 radical (unpaired) electrons. The minimum Gasteiger partial charge on any atom is -0.356 e. The van der Waals surface area contributed by atoms with Gasteiger partial charge in [-0.1, -0.05) is 13.0 Å². The van der Waals surface area contributed by atoms with Crippen LogP contribution in [0.25, 0.3) is 0 Å². The number of ether oxygens (including phenoxy) is 2. The Bertz CT molecular complexity index is 108. The van der Waals surface area contributed by atoms with Gasteiger partial charge in [0.1, 0.15) is 0 Å². The molecule has 0 aliphatic heterocycles. The summed E-state index contributed by atoms with van der Waals surface area (Å²) in [5.74, 6) is 0.632. The Morgan fingerprint density at radius 3 is 2.33 bits per heavy atom. The lowest BCUT2D eigenvalue weighted by atomic mass is 10.0. The molecular weight excluding hydrogens is 152 g/mol. The maximum absolute atomic E-state index is 5.10. The first-order chi connectivity index (χ1) is 5.74. The van der Waals surface area contributed by atoms with Crippen LogP contribution in [-0.4, -0.2) is 20.5 Å². The number of hydrogen-bond donors (Lipinski definition) is 0. The van der Waals surface area contributed by atoms with Gasteiger partial charge in [-0.2, -0.15) is 0 Å². The molecule has 2 heteroatoms. The molecule has 0 spiro atoms. The fraction of sp³-hybridized carbons (Fsp3) is 0.800. The molecular formula is C10H20O2. The van der Waals surface area contributed by atoms with Gasteiger partial charge >= 0.3 is 0 Å². The normalized spacial score (nSPS) is 13.3. The van der Waals surface area contributed by atoms with Crippen LogP contribution in [-0.2, 0) is 9.47 Å². The Kier molecular flexibility index (Phi) is 7.11. The van der Waals surface area contributed by atoms with Crippen molar-refractivity contribution in [1.82, 2.24) is 0 Å². The average molecular weight is 172 g/mol. The van der Waals surface area contributed by atoms with Gasteiger partial charge in [0, 0.05) is 20.6 Å². The molecule has 2 nitrogen and oxygen atoms in total. The van der Waals surface area contributed by atoms with Crippen molar-refractivity contribution in [3.63, 3.8) is 0 Å². The summed E-state index contributed by atoms with van der Waals surface area (Å²) in [6, 6.07) is 0. The second-order valence-corrected chi connectivity index (χ2v) is 3.11. The topological polar surface area (TPSA) is 18.5 Å². The second kappa shape index (κ2) is 7.32. The zero-order valence-corrected chi connectivity index (χ0v) is 8.38. The number of rotatable bonds is 7. The highest BCUT2D eigenvalue weighted by molar-refractivity contribution is 4.68. The van der Waals surface area contributed by atoms with Crippen LogP contribution >= 0.6 is 0 Å². The molecule has 0 aromatic carbocycles. The Hall–Kier alpha value is -0.340. The van der Waals surface area contributed by atoms with Crippen molar-refractivity contribution in [3.05, 3.63) is 12.7 Å². The molecule has 0 saturated carbocycles. The van der Waals surface area contributed by atoms with E-state index in [1.54, 1.807) is 14.2 Å². The molecule has 1 atom stereocenters. The van der Waals surface area contributed by atoms with Gasteiger partial charge in [-0.3, -0.25) is 0 Å². The summed E-state index contributed by atoms with van der Waals surface area (Å²) in [4.78, 5) is 0. The van der Waals surface area contributed by atoms with Gasteiger partial charge in [0.25, 0.3) is 0 Å². The molecule has 0 rings (SSSR count). The predicted octanol–water partition coefficient (Wildman–Crippen LogP) is 2.60. The Morgan fingerprint density at radius 2 is 1.92 bits per heavy atom. The van der Waals surface area contributed by atoms with E-state index >= 15 is 0 Å². The lowest BCUT2D eigenvalue weighted by Gasteiger charge is -2.17. The van der Waals surface area contributed by atoms with Crippen LogP contribution in [0, 0.1) is 5.92 Å². The van der Waals surface area contributed by atoms with E-state index in [0.717, 1.165) is 19.3 Å². The lowest BCUT2D eigenvalue weighted by Crippen LogP contribution is -2.16. The van der Waals surface area contributed by atoms with Gasteiger partial charge in [0.2, 0.25) is 0 Å². The molecule has 0 unspecified atom stereocenters. The van der Waals surface area contributed by atoms with E-state index in [2.05, 4.69) is 13.5 Å². The smallest absolute Gasteiger partial charge is 0.157 e. The van der Waals surface area contributed by atoms with Crippen LogP contribution in [0.3, 0.4) is 0 Å². The molecule has 0 aliphatic rings. The van der Waals surface area contributed by atoms with E-state index in [-0.39, 0.29) is 6.29 Å². The minimum absolute atomic E-state index is 0.0511. The first kappa shape index (κ1) is 11.7. The van der Waals surface area contributed by atoms with E-state index in [4.69, 9.17) is 9.47 Å². The first-order valence-electron chi connectivity index (χ1n) is 4.41. The predicted molar refractivity (Wildman–Crippen MR) is 51.0 cm³/mol. The van der Waals surface area contributed by atoms with E-state index in [1.165, 1.54) is 0 Å². The van der Waals surface area contributed by atoms with Crippen molar-refractivity contribution in [2.75, 3.05) is 14.2 Å². The van der Waals surface area contributed by atoms with E-state index in [9.17, 15) is 0 Å². The highest BCUT2D eigenvalue weighted by Gasteiger charge is 2.10. The minimum atomic E-state index is -0.0511. The zero-order valence-electron chi connectivity index (χ0n) is 8.38.